The summed E-state index contributed by atoms with van der Waals surface area (Å²) in [6, 6.07) is 15.2. The molecule has 1 aliphatic rings. The Morgan fingerprint density at radius 2 is 1.83 bits per heavy atom. The summed E-state index contributed by atoms with van der Waals surface area (Å²) in [5.74, 6) is -0.111. The number of carbonyl (C=O) groups is 2. The Morgan fingerprint density at radius 1 is 1.07 bits per heavy atom. The average molecular weight is 397 g/mol. The molecule has 6 nitrogen and oxygen atoms in total. The van der Waals surface area contributed by atoms with Crippen molar-refractivity contribution in [1.82, 2.24) is 4.90 Å². The predicted molar refractivity (Wildman–Crippen MR) is 109 cm³/mol. The standard InChI is InChI=1S/C23H27NO5/c1-28-18-12-11-17(21(13-18)29-2)9-6-10-22(25)24-14-19(20(15-24)23(26)27)16-7-4-3-5-8-16/h3-5,7-8,11-13,19-20H,6,9-10,14-15H2,1-2H3,(H,26,27)/t19-,20-/m0/s1. The van der Waals surface area contributed by atoms with Crippen molar-refractivity contribution in [2.24, 2.45) is 5.92 Å². The van der Waals surface area contributed by atoms with Gasteiger partial charge in [-0.25, -0.2) is 0 Å². The highest BCUT2D eigenvalue weighted by molar-refractivity contribution is 5.79. The van der Waals surface area contributed by atoms with Gasteiger partial charge in [-0.1, -0.05) is 36.4 Å². The molecule has 29 heavy (non-hydrogen) atoms. The average Bonchev–Trinajstić information content (AvgIpc) is 3.20. The summed E-state index contributed by atoms with van der Waals surface area (Å²) in [4.78, 5) is 26.1. The molecule has 0 aliphatic carbocycles. The Labute approximate surface area is 171 Å². The number of carboxylic acid groups (broad SMARTS) is 1. The molecule has 2 atom stereocenters. The van der Waals surface area contributed by atoms with Crippen molar-refractivity contribution in [3.8, 4) is 11.5 Å². The molecule has 1 amide bonds. The fraction of sp³-hybridized carbons (Fsp3) is 0.391. The number of carbonyl (C=O) groups excluding carboxylic acids is 1. The third-order valence-electron chi connectivity index (χ3n) is 5.55. The van der Waals surface area contributed by atoms with Crippen LogP contribution in [0.3, 0.4) is 0 Å². The maximum Gasteiger partial charge on any atom is 0.308 e. The van der Waals surface area contributed by atoms with Gasteiger partial charge >= 0.3 is 5.97 Å². The van der Waals surface area contributed by atoms with Crippen molar-refractivity contribution in [2.45, 2.75) is 25.2 Å². The first-order valence-corrected chi connectivity index (χ1v) is 9.80. The number of amides is 1. The van der Waals surface area contributed by atoms with E-state index < -0.39 is 11.9 Å². The molecular weight excluding hydrogens is 370 g/mol. The lowest BCUT2D eigenvalue weighted by atomic mass is 9.89. The first-order chi connectivity index (χ1) is 14.0. The highest BCUT2D eigenvalue weighted by Crippen LogP contribution is 2.33. The van der Waals surface area contributed by atoms with Gasteiger partial charge in [0.1, 0.15) is 11.5 Å². The second kappa shape index (κ2) is 9.45. The molecular formula is C23H27NO5. The second-order valence-corrected chi connectivity index (χ2v) is 7.29. The number of methoxy groups -OCH3 is 2. The van der Waals surface area contributed by atoms with Crippen LogP contribution in [0.1, 0.15) is 29.9 Å². The molecule has 1 saturated heterocycles. The summed E-state index contributed by atoms with van der Waals surface area (Å²) >= 11 is 0. The van der Waals surface area contributed by atoms with Crippen molar-refractivity contribution in [3.05, 3.63) is 59.7 Å². The summed E-state index contributed by atoms with van der Waals surface area (Å²) in [7, 11) is 3.22. The largest absolute Gasteiger partial charge is 0.497 e. The lowest BCUT2D eigenvalue weighted by Crippen LogP contribution is -2.29. The molecule has 1 heterocycles. The van der Waals surface area contributed by atoms with Crippen LogP contribution in [-0.4, -0.2) is 49.2 Å². The Bertz CT molecular complexity index is 852. The predicted octanol–water partition coefficient (Wildman–Crippen LogP) is 3.35. The van der Waals surface area contributed by atoms with E-state index in [-0.39, 0.29) is 18.4 Å². The fourth-order valence-corrected chi connectivity index (χ4v) is 3.94. The van der Waals surface area contributed by atoms with Crippen LogP contribution in [0.2, 0.25) is 0 Å². The third kappa shape index (κ3) is 4.88. The minimum absolute atomic E-state index is 0.00200. The van der Waals surface area contributed by atoms with Gasteiger partial charge in [-0.15, -0.1) is 0 Å². The molecule has 0 spiro atoms. The number of nitrogens with zero attached hydrogens (tertiary/aromatic N) is 1. The number of hydrogen-bond donors (Lipinski definition) is 1. The van der Waals surface area contributed by atoms with Gasteiger partial charge in [0.15, 0.2) is 0 Å². The molecule has 1 N–H and O–H groups in total. The van der Waals surface area contributed by atoms with E-state index in [1.165, 1.54) is 0 Å². The Kier molecular flexibility index (Phi) is 6.75. The van der Waals surface area contributed by atoms with Gasteiger partial charge in [0.05, 0.1) is 20.1 Å². The Hall–Kier alpha value is -3.02. The van der Waals surface area contributed by atoms with Gasteiger partial charge in [0.25, 0.3) is 0 Å². The van der Waals surface area contributed by atoms with Crippen molar-refractivity contribution in [3.63, 3.8) is 0 Å². The zero-order chi connectivity index (χ0) is 20.8. The summed E-state index contributed by atoms with van der Waals surface area (Å²) in [6.07, 6.45) is 1.76. The highest BCUT2D eigenvalue weighted by atomic mass is 16.5. The Morgan fingerprint density at radius 3 is 2.48 bits per heavy atom. The van der Waals surface area contributed by atoms with Gasteiger partial charge in [-0.2, -0.15) is 0 Å². The molecule has 6 heteroatoms. The van der Waals surface area contributed by atoms with Crippen molar-refractivity contribution in [2.75, 3.05) is 27.3 Å². The van der Waals surface area contributed by atoms with Crippen molar-refractivity contribution < 1.29 is 24.2 Å². The minimum atomic E-state index is -0.850. The van der Waals surface area contributed by atoms with E-state index in [0.717, 1.165) is 22.6 Å². The molecule has 0 bridgehead atoms. The number of aliphatic carboxylic acids is 1. The molecule has 1 fully saturated rings. The van der Waals surface area contributed by atoms with Gasteiger partial charge in [0.2, 0.25) is 5.91 Å². The van der Waals surface area contributed by atoms with E-state index >= 15 is 0 Å². The zero-order valence-electron chi connectivity index (χ0n) is 16.8. The topological polar surface area (TPSA) is 76.1 Å². The lowest BCUT2D eigenvalue weighted by molar-refractivity contribution is -0.141. The van der Waals surface area contributed by atoms with Gasteiger partial charge in [-0.3, -0.25) is 9.59 Å². The molecule has 0 radical (unpaired) electrons. The van der Waals surface area contributed by atoms with Crippen LogP contribution in [-0.2, 0) is 16.0 Å². The van der Waals surface area contributed by atoms with Crippen LogP contribution < -0.4 is 9.47 Å². The Balaban J connectivity index is 1.59. The van der Waals surface area contributed by atoms with Gasteiger partial charge in [-0.05, 0) is 30.0 Å². The number of aryl methyl sites for hydroxylation is 1. The maximum absolute atomic E-state index is 12.7. The molecule has 2 aromatic carbocycles. The van der Waals surface area contributed by atoms with Gasteiger partial charge in [0, 0.05) is 31.5 Å². The zero-order valence-corrected chi connectivity index (χ0v) is 16.8. The molecule has 3 rings (SSSR count). The number of ether oxygens (including phenoxy) is 2. The quantitative estimate of drug-likeness (QED) is 0.739. The summed E-state index contributed by atoms with van der Waals surface area (Å²) in [6.45, 7) is 0.714. The van der Waals surface area contributed by atoms with Crippen LogP contribution >= 0.6 is 0 Å². The lowest BCUT2D eigenvalue weighted by Gasteiger charge is -2.17. The monoisotopic (exact) mass is 397 g/mol. The van der Waals surface area contributed by atoms with E-state index in [1.54, 1.807) is 19.1 Å². The SMILES string of the molecule is COc1ccc(CCCC(=O)N2C[C@H](C(=O)O)[C@H](c3ccccc3)C2)c(OC)c1. The molecule has 0 unspecified atom stereocenters. The van der Waals surface area contributed by atoms with Crippen LogP contribution in [0.25, 0.3) is 0 Å². The molecule has 1 aliphatic heterocycles. The van der Waals surface area contributed by atoms with Crippen LogP contribution in [0.4, 0.5) is 0 Å². The number of likely N-dealkylation sites (tertiary alicyclic amines) is 1. The van der Waals surface area contributed by atoms with Crippen LogP contribution in [0, 0.1) is 5.92 Å². The van der Waals surface area contributed by atoms with E-state index in [9.17, 15) is 14.7 Å². The first kappa shape index (κ1) is 20.7. The number of rotatable bonds is 8. The van der Waals surface area contributed by atoms with E-state index in [1.807, 2.05) is 48.5 Å². The van der Waals surface area contributed by atoms with Gasteiger partial charge < -0.3 is 19.5 Å². The van der Waals surface area contributed by atoms with Crippen molar-refractivity contribution in [1.29, 1.82) is 0 Å². The highest BCUT2D eigenvalue weighted by Gasteiger charge is 2.40. The fourth-order valence-electron chi connectivity index (χ4n) is 3.94. The van der Waals surface area contributed by atoms with E-state index in [0.29, 0.717) is 25.8 Å². The number of benzene rings is 2. The summed E-state index contributed by atoms with van der Waals surface area (Å²) < 4.78 is 10.6. The first-order valence-electron chi connectivity index (χ1n) is 9.80. The molecule has 2 aromatic rings. The van der Waals surface area contributed by atoms with E-state index in [2.05, 4.69) is 0 Å². The normalized spacial score (nSPS) is 18.5. The van der Waals surface area contributed by atoms with Crippen LogP contribution in [0.5, 0.6) is 11.5 Å². The molecule has 154 valence electrons. The van der Waals surface area contributed by atoms with Crippen LogP contribution in [0.15, 0.2) is 48.5 Å². The smallest absolute Gasteiger partial charge is 0.308 e. The number of carboxylic acids is 1. The summed E-state index contributed by atoms with van der Waals surface area (Å²) in [5.41, 5.74) is 1.99. The third-order valence-corrected chi connectivity index (χ3v) is 5.55. The molecule has 0 aromatic heterocycles. The molecule has 0 saturated carbocycles. The van der Waals surface area contributed by atoms with Crippen molar-refractivity contribution >= 4 is 11.9 Å². The van der Waals surface area contributed by atoms with E-state index in [4.69, 9.17) is 9.47 Å². The summed E-state index contributed by atoms with van der Waals surface area (Å²) in [5, 5.41) is 9.61. The minimum Gasteiger partial charge on any atom is -0.497 e. The maximum atomic E-state index is 12.7. The number of hydrogen-bond acceptors (Lipinski definition) is 4. The second-order valence-electron chi connectivity index (χ2n) is 7.29.